The van der Waals surface area contributed by atoms with E-state index in [0.29, 0.717) is 0 Å². The van der Waals surface area contributed by atoms with E-state index in [-0.39, 0.29) is 0 Å². The number of aryl methyl sites for hydroxylation is 1. The lowest BCUT2D eigenvalue weighted by molar-refractivity contribution is 0.147. The zero-order valence-corrected chi connectivity index (χ0v) is 12.0. The van der Waals surface area contributed by atoms with Gasteiger partial charge in [-0.1, -0.05) is 25.3 Å². The Morgan fingerprint density at radius 3 is 2.42 bits per heavy atom. The molecule has 1 aromatic rings. The van der Waals surface area contributed by atoms with Gasteiger partial charge in [0.1, 0.15) is 5.82 Å². The van der Waals surface area contributed by atoms with Crippen LogP contribution in [-0.4, -0.2) is 42.1 Å². The Bertz CT molecular complexity index is 404. The summed E-state index contributed by atoms with van der Waals surface area (Å²) in [7, 11) is 0. The van der Waals surface area contributed by atoms with Crippen LogP contribution in [0.15, 0.2) is 18.2 Å². The third kappa shape index (κ3) is 3.08. The zero-order valence-electron chi connectivity index (χ0n) is 12.0. The average Bonchev–Trinajstić information content (AvgIpc) is 2.48. The molecule has 0 spiro atoms. The quantitative estimate of drug-likeness (QED) is 0.814. The lowest BCUT2D eigenvalue weighted by Crippen LogP contribution is -2.51. The molecule has 3 heteroatoms. The summed E-state index contributed by atoms with van der Waals surface area (Å²) in [5.74, 6) is 1.16. The highest BCUT2D eigenvalue weighted by atomic mass is 15.3. The van der Waals surface area contributed by atoms with Gasteiger partial charge in [-0.15, -0.1) is 0 Å². The molecule has 1 aliphatic heterocycles. The minimum atomic E-state index is 0.862. The lowest BCUT2D eigenvalue weighted by Gasteiger charge is -2.41. The Hall–Kier alpha value is -1.09. The molecule has 1 aliphatic carbocycles. The summed E-state index contributed by atoms with van der Waals surface area (Å²) in [6.45, 7) is 6.75. The molecule has 0 atom stereocenters. The highest BCUT2D eigenvalue weighted by molar-refractivity contribution is 5.39. The summed E-state index contributed by atoms with van der Waals surface area (Å²) < 4.78 is 0. The van der Waals surface area contributed by atoms with Crippen molar-refractivity contribution in [2.45, 2.75) is 45.1 Å². The largest absolute Gasteiger partial charge is 0.354 e. The van der Waals surface area contributed by atoms with Crippen LogP contribution in [0.3, 0.4) is 0 Å². The van der Waals surface area contributed by atoms with Gasteiger partial charge in [-0.25, -0.2) is 4.98 Å². The third-order valence-corrected chi connectivity index (χ3v) is 4.60. The van der Waals surface area contributed by atoms with Crippen LogP contribution in [0.1, 0.15) is 37.8 Å². The molecule has 0 bridgehead atoms. The van der Waals surface area contributed by atoms with Crippen molar-refractivity contribution in [3.63, 3.8) is 0 Å². The molecule has 0 N–H and O–H groups in total. The van der Waals surface area contributed by atoms with Crippen LogP contribution in [-0.2, 0) is 0 Å². The first-order valence-electron chi connectivity index (χ1n) is 7.75. The first-order chi connectivity index (χ1) is 9.33. The van der Waals surface area contributed by atoms with E-state index in [1.54, 1.807) is 0 Å². The van der Waals surface area contributed by atoms with Crippen molar-refractivity contribution >= 4 is 5.82 Å². The second kappa shape index (κ2) is 5.91. The number of piperazine rings is 1. The molecule has 1 saturated heterocycles. The van der Waals surface area contributed by atoms with Crippen LogP contribution in [0, 0.1) is 6.92 Å². The molecule has 1 aromatic heterocycles. The summed E-state index contributed by atoms with van der Waals surface area (Å²) in [4.78, 5) is 9.79. The number of rotatable bonds is 2. The van der Waals surface area contributed by atoms with Crippen molar-refractivity contribution < 1.29 is 0 Å². The van der Waals surface area contributed by atoms with E-state index in [9.17, 15) is 0 Å². The fourth-order valence-electron chi connectivity index (χ4n) is 3.47. The number of hydrogen-bond donors (Lipinski definition) is 0. The lowest BCUT2D eigenvalue weighted by atomic mass is 9.94. The molecule has 3 nitrogen and oxygen atoms in total. The molecule has 0 amide bonds. The van der Waals surface area contributed by atoms with Crippen molar-refractivity contribution in [1.82, 2.24) is 9.88 Å². The topological polar surface area (TPSA) is 19.4 Å². The molecule has 0 radical (unpaired) electrons. The Morgan fingerprint density at radius 1 is 1.00 bits per heavy atom. The summed E-state index contributed by atoms with van der Waals surface area (Å²) in [5, 5.41) is 0. The van der Waals surface area contributed by atoms with Crippen LogP contribution in [0.25, 0.3) is 0 Å². The summed E-state index contributed by atoms with van der Waals surface area (Å²) >= 11 is 0. The smallest absolute Gasteiger partial charge is 0.128 e. The van der Waals surface area contributed by atoms with Gasteiger partial charge in [-0.2, -0.15) is 0 Å². The van der Waals surface area contributed by atoms with Crippen LogP contribution < -0.4 is 4.90 Å². The molecule has 0 unspecified atom stereocenters. The van der Waals surface area contributed by atoms with Crippen LogP contribution in [0.2, 0.25) is 0 Å². The van der Waals surface area contributed by atoms with Gasteiger partial charge in [0.15, 0.2) is 0 Å². The van der Waals surface area contributed by atoms with E-state index in [1.165, 1.54) is 45.2 Å². The van der Waals surface area contributed by atoms with Crippen LogP contribution >= 0.6 is 0 Å². The van der Waals surface area contributed by atoms with E-state index in [0.717, 1.165) is 30.6 Å². The summed E-state index contributed by atoms with van der Waals surface area (Å²) in [5.41, 5.74) is 1.12. The number of anilines is 1. The highest BCUT2D eigenvalue weighted by Crippen LogP contribution is 2.24. The standard InChI is InChI=1S/C16H25N3/c1-14-6-5-9-16(17-14)19-12-10-18(11-13-19)15-7-3-2-4-8-15/h5-6,9,15H,2-4,7-8,10-13H2,1H3. The van der Waals surface area contributed by atoms with Gasteiger partial charge >= 0.3 is 0 Å². The second-order valence-electron chi connectivity index (χ2n) is 5.95. The maximum absolute atomic E-state index is 4.64. The fraction of sp³-hybridized carbons (Fsp3) is 0.688. The Kier molecular flexibility index (Phi) is 4.02. The molecule has 2 fully saturated rings. The minimum absolute atomic E-state index is 0.862. The summed E-state index contributed by atoms with van der Waals surface area (Å²) in [6.07, 6.45) is 7.16. The van der Waals surface area contributed by atoms with E-state index in [2.05, 4.69) is 39.9 Å². The predicted octanol–water partition coefficient (Wildman–Crippen LogP) is 2.84. The van der Waals surface area contributed by atoms with E-state index >= 15 is 0 Å². The monoisotopic (exact) mass is 259 g/mol. The van der Waals surface area contributed by atoms with Gasteiger partial charge in [0.2, 0.25) is 0 Å². The first-order valence-corrected chi connectivity index (χ1v) is 7.75. The zero-order chi connectivity index (χ0) is 13.1. The molecule has 2 aliphatic rings. The van der Waals surface area contributed by atoms with Gasteiger partial charge < -0.3 is 4.90 Å². The summed E-state index contributed by atoms with van der Waals surface area (Å²) in [6, 6.07) is 7.19. The molecular formula is C16H25N3. The van der Waals surface area contributed by atoms with Gasteiger partial charge in [0.25, 0.3) is 0 Å². The molecule has 2 heterocycles. The molecule has 3 rings (SSSR count). The average molecular weight is 259 g/mol. The van der Waals surface area contributed by atoms with Gasteiger partial charge in [0, 0.05) is 37.9 Å². The van der Waals surface area contributed by atoms with E-state index in [4.69, 9.17) is 0 Å². The predicted molar refractivity (Wildman–Crippen MR) is 79.6 cm³/mol. The van der Waals surface area contributed by atoms with Crippen molar-refractivity contribution in [1.29, 1.82) is 0 Å². The normalized spacial score (nSPS) is 22.7. The molecular weight excluding hydrogens is 234 g/mol. The van der Waals surface area contributed by atoms with Crippen molar-refractivity contribution in [2.75, 3.05) is 31.1 Å². The second-order valence-corrected chi connectivity index (χ2v) is 5.95. The Balaban J connectivity index is 1.57. The van der Waals surface area contributed by atoms with Gasteiger partial charge in [-0.3, -0.25) is 4.90 Å². The van der Waals surface area contributed by atoms with Crippen molar-refractivity contribution in [3.8, 4) is 0 Å². The number of hydrogen-bond acceptors (Lipinski definition) is 3. The maximum atomic E-state index is 4.64. The van der Waals surface area contributed by atoms with Gasteiger partial charge in [-0.05, 0) is 31.9 Å². The minimum Gasteiger partial charge on any atom is -0.354 e. The number of pyridine rings is 1. The van der Waals surface area contributed by atoms with Gasteiger partial charge in [0.05, 0.1) is 0 Å². The Labute approximate surface area is 116 Å². The van der Waals surface area contributed by atoms with Crippen LogP contribution in [0.4, 0.5) is 5.82 Å². The van der Waals surface area contributed by atoms with Crippen molar-refractivity contribution in [3.05, 3.63) is 23.9 Å². The number of aromatic nitrogens is 1. The maximum Gasteiger partial charge on any atom is 0.128 e. The van der Waals surface area contributed by atoms with Crippen LogP contribution in [0.5, 0.6) is 0 Å². The van der Waals surface area contributed by atoms with Crippen molar-refractivity contribution in [2.24, 2.45) is 0 Å². The van der Waals surface area contributed by atoms with E-state index < -0.39 is 0 Å². The first kappa shape index (κ1) is 12.9. The SMILES string of the molecule is Cc1cccc(N2CCN(C3CCCCC3)CC2)n1. The fourth-order valence-corrected chi connectivity index (χ4v) is 3.47. The third-order valence-electron chi connectivity index (χ3n) is 4.60. The Morgan fingerprint density at radius 2 is 1.74 bits per heavy atom. The molecule has 104 valence electrons. The van der Waals surface area contributed by atoms with E-state index in [1.807, 2.05) is 0 Å². The number of nitrogens with zero attached hydrogens (tertiary/aromatic N) is 3. The molecule has 1 saturated carbocycles. The molecule has 19 heavy (non-hydrogen) atoms. The molecule has 0 aromatic carbocycles. The highest BCUT2D eigenvalue weighted by Gasteiger charge is 2.25.